The lowest BCUT2D eigenvalue weighted by molar-refractivity contribution is -0.131. The maximum Gasteiger partial charge on any atom is 0.346 e. The van der Waals surface area contributed by atoms with Crippen LogP contribution in [0.15, 0.2) is 47.6 Å². The zero-order chi connectivity index (χ0) is 15.6. The Labute approximate surface area is 129 Å². The Morgan fingerprint density at radius 3 is 2.73 bits per heavy atom. The Morgan fingerprint density at radius 1 is 1.27 bits per heavy atom. The summed E-state index contributed by atoms with van der Waals surface area (Å²) < 4.78 is 0. The maximum atomic E-state index is 12.6. The number of allylic oxidation sites excluding steroid dienone is 2. The van der Waals surface area contributed by atoms with Crippen LogP contribution in [0.3, 0.4) is 0 Å². The number of benzene rings is 1. The summed E-state index contributed by atoms with van der Waals surface area (Å²) in [7, 11) is 0. The van der Waals surface area contributed by atoms with Crippen molar-refractivity contribution in [3.63, 3.8) is 0 Å². The number of hydrogen-bond donors (Lipinski definition) is 1. The van der Waals surface area contributed by atoms with Gasteiger partial charge in [-0.1, -0.05) is 42.5 Å². The molecule has 2 aliphatic rings. The fourth-order valence-electron chi connectivity index (χ4n) is 2.81. The van der Waals surface area contributed by atoms with Gasteiger partial charge in [0.05, 0.1) is 0 Å². The van der Waals surface area contributed by atoms with Crippen LogP contribution in [0.5, 0.6) is 0 Å². The Bertz CT molecular complexity index is 639. The van der Waals surface area contributed by atoms with Crippen molar-refractivity contribution >= 4 is 18.2 Å². The number of nitrogens with zero attached hydrogens (tertiary/aromatic N) is 2. The average Bonchev–Trinajstić information content (AvgIpc) is 2.78. The molecular formula is C17H19N3O2. The van der Waals surface area contributed by atoms with E-state index in [1.807, 2.05) is 30.3 Å². The third-order valence-electron chi connectivity index (χ3n) is 4.22. The van der Waals surface area contributed by atoms with Gasteiger partial charge in [0.25, 0.3) is 5.91 Å². The highest BCUT2D eigenvalue weighted by molar-refractivity contribution is 6.07. The largest absolute Gasteiger partial charge is 0.346 e. The van der Waals surface area contributed by atoms with Gasteiger partial charge in [-0.25, -0.2) is 4.79 Å². The summed E-state index contributed by atoms with van der Waals surface area (Å²) in [5, 5.41) is 7.84. The molecular weight excluding hydrogens is 278 g/mol. The lowest BCUT2D eigenvalue weighted by atomic mass is 9.92. The normalized spacial score (nSPS) is 28.4. The van der Waals surface area contributed by atoms with Crippen LogP contribution in [0.4, 0.5) is 4.79 Å². The molecule has 5 nitrogen and oxygen atoms in total. The van der Waals surface area contributed by atoms with E-state index in [1.165, 1.54) is 0 Å². The number of imide groups is 1. The molecule has 22 heavy (non-hydrogen) atoms. The van der Waals surface area contributed by atoms with Gasteiger partial charge in [0.15, 0.2) is 0 Å². The van der Waals surface area contributed by atoms with E-state index in [2.05, 4.69) is 22.6 Å². The van der Waals surface area contributed by atoms with E-state index in [0.29, 0.717) is 0 Å². The molecule has 2 atom stereocenters. The van der Waals surface area contributed by atoms with Gasteiger partial charge in [0.2, 0.25) is 0 Å². The van der Waals surface area contributed by atoms with E-state index in [1.54, 1.807) is 13.1 Å². The van der Waals surface area contributed by atoms with Crippen molar-refractivity contribution < 1.29 is 9.59 Å². The van der Waals surface area contributed by atoms with Crippen molar-refractivity contribution in [1.82, 2.24) is 10.3 Å². The van der Waals surface area contributed by atoms with Crippen LogP contribution in [0.25, 0.3) is 0 Å². The van der Waals surface area contributed by atoms with Gasteiger partial charge >= 0.3 is 6.03 Å². The smallest absolute Gasteiger partial charge is 0.318 e. The van der Waals surface area contributed by atoms with Crippen LogP contribution >= 0.6 is 0 Å². The van der Waals surface area contributed by atoms with Crippen molar-refractivity contribution in [1.29, 1.82) is 0 Å². The number of hydrazone groups is 1. The van der Waals surface area contributed by atoms with Crippen LogP contribution in [-0.4, -0.2) is 23.2 Å². The quantitative estimate of drug-likeness (QED) is 0.530. The van der Waals surface area contributed by atoms with Crippen LogP contribution in [0.1, 0.15) is 31.7 Å². The number of nitrogens with one attached hydrogen (secondary N) is 1. The molecule has 3 rings (SSSR count). The summed E-state index contributed by atoms with van der Waals surface area (Å²) in [6.07, 6.45) is 8.89. The first kappa shape index (κ1) is 14.5. The Balaban J connectivity index is 1.80. The number of hydrogen-bond acceptors (Lipinski definition) is 3. The standard InChI is InChI=1S/C17H19N3O2/c1-17(14-10-6-3-7-11-14)15(21)20(16(22)19-17)18-12-13-8-4-2-5-9-13/h2-4,6-7,10-13H,5,8-9H2,1H3,(H,19,22)/b18-12-/t13-,17-/m0/s1. The fourth-order valence-corrected chi connectivity index (χ4v) is 2.81. The summed E-state index contributed by atoms with van der Waals surface area (Å²) in [5.41, 5.74) is -0.297. The van der Waals surface area contributed by atoms with Gasteiger partial charge in [-0.2, -0.15) is 5.10 Å². The molecule has 1 fully saturated rings. The van der Waals surface area contributed by atoms with Gasteiger partial charge in [0.1, 0.15) is 5.54 Å². The van der Waals surface area contributed by atoms with E-state index >= 15 is 0 Å². The predicted molar refractivity (Wildman–Crippen MR) is 84.1 cm³/mol. The van der Waals surface area contributed by atoms with E-state index in [0.717, 1.165) is 29.8 Å². The topological polar surface area (TPSA) is 61.8 Å². The lowest BCUT2D eigenvalue weighted by Crippen LogP contribution is -2.40. The first-order chi connectivity index (χ1) is 10.6. The van der Waals surface area contributed by atoms with Gasteiger partial charge in [-0.05, 0) is 37.7 Å². The summed E-state index contributed by atoms with van der Waals surface area (Å²) in [4.78, 5) is 24.7. The SMILES string of the molecule is C[C@@]1(c2ccccc2)NC(=O)N(/N=C\[C@H]2CC=CCC2)C1=O. The molecule has 5 heteroatoms. The molecule has 0 radical (unpaired) electrons. The zero-order valence-corrected chi connectivity index (χ0v) is 12.5. The van der Waals surface area contributed by atoms with Crippen molar-refractivity contribution in [2.75, 3.05) is 0 Å². The number of carbonyl (C=O) groups is 2. The Morgan fingerprint density at radius 2 is 2.05 bits per heavy atom. The second-order valence-corrected chi connectivity index (χ2v) is 5.85. The Kier molecular flexibility index (Phi) is 3.79. The average molecular weight is 297 g/mol. The molecule has 1 heterocycles. The van der Waals surface area contributed by atoms with Crippen LogP contribution in [-0.2, 0) is 10.3 Å². The molecule has 114 valence electrons. The fraction of sp³-hybridized carbons (Fsp3) is 0.353. The molecule has 1 aliphatic heterocycles. The molecule has 1 saturated heterocycles. The van der Waals surface area contributed by atoms with E-state index in [9.17, 15) is 9.59 Å². The van der Waals surface area contributed by atoms with Gasteiger partial charge in [-0.15, -0.1) is 5.01 Å². The van der Waals surface area contributed by atoms with Crippen molar-refractivity contribution in [2.45, 2.75) is 31.7 Å². The monoisotopic (exact) mass is 297 g/mol. The highest BCUT2D eigenvalue weighted by Crippen LogP contribution is 2.29. The molecule has 1 aromatic carbocycles. The van der Waals surface area contributed by atoms with Crippen molar-refractivity contribution in [3.8, 4) is 0 Å². The summed E-state index contributed by atoms with van der Waals surface area (Å²) in [6, 6.07) is 8.76. The van der Waals surface area contributed by atoms with Gasteiger partial charge in [0, 0.05) is 6.21 Å². The molecule has 0 spiro atoms. The molecule has 1 aromatic rings. The Hall–Kier alpha value is -2.43. The number of carbonyl (C=O) groups excluding carboxylic acids is 2. The second kappa shape index (κ2) is 5.75. The summed E-state index contributed by atoms with van der Waals surface area (Å²) in [5.74, 6) is -0.0551. The minimum Gasteiger partial charge on any atom is -0.318 e. The highest BCUT2D eigenvalue weighted by atomic mass is 16.2. The first-order valence-corrected chi connectivity index (χ1v) is 7.52. The zero-order valence-electron chi connectivity index (χ0n) is 12.5. The summed E-state index contributed by atoms with van der Waals surface area (Å²) in [6.45, 7) is 1.71. The lowest BCUT2D eigenvalue weighted by Gasteiger charge is -2.21. The third kappa shape index (κ3) is 2.54. The molecule has 0 unspecified atom stereocenters. The van der Waals surface area contributed by atoms with Crippen LogP contribution in [0, 0.1) is 5.92 Å². The number of rotatable bonds is 3. The summed E-state index contributed by atoms with van der Waals surface area (Å²) >= 11 is 0. The molecule has 1 N–H and O–H groups in total. The molecule has 1 aliphatic carbocycles. The van der Waals surface area contributed by atoms with E-state index < -0.39 is 11.6 Å². The second-order valence-electron chi connectivity index (χ2n) is 5.85. The van der Waals surface area contributed by atoms with Gasteiger partial charge < -0.3 is 5.32 Å². The minimum atomic E-state index is -1.05. The molecule has 3 amide bonds. The van der Waals surface area contributed by atoms with Crippen LogP contribution < -0.4 is 5.32 Å². The first-order valence-electron chi connectivity index (χ1n) is 7.52. The van der Waals surface area contributed by atoms with Gasteiger partial charge in [-0.3, -0.25) is 4.79 Å². The van der Waals surface area contributed by atoms with Crippen molar-refractivity contribution in [3.05, 3.63) is 48.0 Å². The third-order valence-corrected chi connectivity index (χ3v) is 4.22. The number of amides is 3. The van der Waals surface area contributed by atoms with Crippen molar-refractivity contribution in [2.24, 2.45) is 11.0 Å². The molecule has 0 saturated carbocycles. The number of urea groups is 1. The van der Waals surface area contributed by atoms with Crippen LogP contribution in [0.2, 0.25) is 0 Å². The highest BCUT2D eigenvalue weighted by Gasteiger charge is 2.49. The minimum absolute atomic E-state index is 0.286. The maximum absolute atomic E-state index is 12.6. The molecule has 0 bridgehead atoms. The van der Waals surface area contributed by atoms with E-state index in [4.69, 9.17) is 0 Å². The van der Waals surface area contributed by atoms with E-state index in [-0.39, 0.29) is 11.8 Å². The molecule has 0 aromatic heterocycles. The predicted octanol–water partition coefficient (Wildman–Crippen LogP) is 2.80.